The zero-order valence-corrected chi connectivity index (χ0v) is 11.1. The van der Waals surface area contributed by atoms with Gasteiger partial charge in [0.25, 0.3) is 0 Å². The van der Waals surface area contributed by atoms with Crippen LogP contribution < -0.4 is 5.73 Å². The van der Waals surface area contributed by atoms with Crippen LogP contribution in [0, 0.1) is 6.92 Å². The van der Waals surface area contributed by atoms with E-state index in [2.05, 4.69) is 4.98 Å². The Balaban J connectivity index is 2.47. The summed E-state index contributed by atoms with van der Waals surface area (Å²) in [6.07, 6.45) is 3.43. The molecule has 0 spiro atoms. The highest BCUT2D eigenvalue weighted by Crippen LogP contribution is 2.38. The number of rotatable bonds is 3. The molecule has 4 nitrogen and oxygen atoms in total. The number of nitrogen functional groups attached to an aromatic ring is 1. The van der Waals surface area contributed by atoms with E-state index in [0.29, 0.717) is 17.2 Å². The summed E-state index contributed by atoms with van der Waals surface area (Å²) in [4.78, 5) is 16.8. The third kappa shape index (κ3) is 2.22. The first-order valence-electron chi connectivity index (χ1n) is 5.61. The maximum absolute atomic E-state index is 11.8. The summed E-state index contributed by atoms with van der Waals surface area (Å²) in [6.45, 7) is 4.01. The molecular weight excluding hydrogens is 248 g/mol. The summed E-state index contributed by atoms with van der Waals surface area (Å²) < 4.78 is 5.01. The number of anilines is 1. The van der Waals surface area contributed by atoms with E-state index in [0.717, 1.165) is 16.0 Å². The van der Waals surface area contributed by atoms with Crippen molar-refractivity contribution in [2.24, 2.45) is 0 Å². The van der Waals surface area contributed by atoms with Crippen LogP contribution in [-0.2, 0) is 4.74 Å². The number of carbonyl (C=O) groups excluding carboxylic acids is 1. The molecule has 0 bridgehead atoms. The van der Waals surface area contributed by atoms with E-state index in [9.17, 15) is 4.79 Å². The zero-order chi connectivity index (χ0) is 13.1. The highest BCUT2D eigenvalue weighted by Gasteiger charge is 2.21. The average molecular weight is 262 g/mol. The molecule has 0 saturated carbocycles. The Hall–Kier alpha value is -1.88. The molecule has 0 radical (unpaired) electrons. The Kier molecular flexibility index (Phi) is 3.62. The summed E-state index contributed by atoms with van der Waals surface area (Å²) in [5.41, 5.74) is 8.27. The molecule has 0 unspecified atom stereocenters. The van der Waals surface area contributed by atoms with Crippen LogP contribution in [0.15, 0.2) is 24.5 Å². The molecule has 0 aromatic carbocycles. The Morgan fingerprint density at radius 1 is 1.44 bits per heavy atom. The Bertz CT molecular complexity index is 564. The quantitative estimate of drug-likeness (QED) is 0.864. The Morgan fingerprint density at radius 2 is 2.11 bits per heavy atom. The number of hydrogen-bond donors (Lipinski definition) is 1. The molecule has 2 rings (SSSR count). The third-order valence-electron chi connectivity index (χ3n) is 2.60. The molecule has 0 saturated heterocycles. The molecule has 5 heteroatoms. The second-order valence-corrected chi connectivity index (χ2v) is 4.80. The van der Waals surface area contributed by atoms with Crippen molar-refractivity contribution in [2.75, 3.05) is 12.3 Å². The van der Waals surface area contributed by atoms with Crippen molar-refractivity contribution in [3.8, 4) is 10.4 Å². The normalized spacial score (nSPS) is 10.3. The number of nitrogens with zero attached hydrogens (tertiary/aromatic N) is 1. The summed E-state index contributed by atoms with van der Waals surface area (Å²) in [5, 5.41) is 0.498. The van der Waals surface area contributed by atoms with Gasteiger partial charge in [-0.15, -0.1) is 11.3 Å². The lowest BCUT2D eigenvalue weighted by atomic mass is 10.1. The minimum atomic E-state index is -0.357. The molecule has 2 aromatic rings. The fourth-order valence-corrected chi connectivity index (χ4v) is 2.84. The van der Waals surface area contributed by atoms with E-state index >= 15 is 0 Å². The van der Waals surface area contributed by atoms with Gasteiger partial charge in [0.05, 0.1) is 12.2 Å². The fraction of sp³-hybridized carbons (Fsp3) is 0.231. The van der Waals surface area contributed by atoms with Crippen LogP contribution >= 0.6 is 11.3 Å². The molecule has 0 amide bonds. The van der Waals surface area contributed by atoms with Gasteiger partial charge in [0.2, 0.25) is 0 Å². The Morgan fingerprint density at radius 3 is 2.72 bits per heavy atom. The molecule has 2 aromatic heterocycles. The fourth-order valence-electron chi connectivity index (χ4n) is 1.77. The first kappa shape index (κ1) is 12.6. The molecule has 18 heavy (non-hydrogen) atoms. The highest BCUT2D eigenvalue weighted by atomic mass is 32.1. The number of nitrogens with two attached hydrogens (primary N) is 1. The molecule has 2 N–H and O–H groups in total. The van der Waals surface area contributed by atoms with Crippen LogP contribution in [0.25, 0.3) is 10.4 Å². The lowest BCUT2D eigenvalue weighted by Crippen LogP contribution is -2.07. The summed E-state index contributed by atoms with van der Waals surface area (Å²) in [7, 11) is 0. The first-order valence-corrected chi connectivity index (χ1v) is 6.43. The smallest absolute Gasteiger partial charge is 0.341 e. The van der Waals surface area contributed by atoms with Gasteiger partial charge in [0.15, 0.2) is 0 Å². The number of pyridine rings is 1. The molecule has 2 heterocycles. The second kappa shape index (κ2) is 5.18. The second-order valence-electron chi connectivity index (χ2n) is 3.75. The van der Waals surface area contributed by atoms with Crippen LogP contribution in [-0.4, -0.2) is 17.6 Å². The molecule has 0 aliphatic heterocycles. The number of thiophene rings is 1. The van der Waals surface area contributed by atoms with Crippen molar-refractivity contribution in [3.05, 3.63) is 35.7 Å². The average Bonchev–Trinajstić information content (AvgIpc) is 2.66. The van der Waals surface area contributed by atoms with Gasteiger partial charge in [0, 0.05) is 17.3 Å². The standard InChI is InChI=1S/C13H14N2O2S/c1-3-17-13(16)10-8(2)11(18-12(10)14)9-4-6-15-7-5-9/h4-7H,3,14H2,1-2H3. The molecule has 0 fully saturated rings. The third-order valence-corrected chi connectivity index (χ3v) is 3.77. The topological polar surface area (TPSA) is 65.2 Å². The van der Waals surface area contributed by atoms with Gasteiger partial charge >= 0.3 is 5.97 Å². The van der Waals surface area contributed by atoms with Gasteiger partial charge in [-0.3, -0.25) is 4.98 Å². The lowest BCUT2D eigenvalue weighted by Gasteiger charge is -2.03. The maximum atomic E-state index is 11.8. The molecule has 0 atom stereocenters. The minimum absolute atomic E-state index is 0.345. The number of carbonyl (C=O) groups is 1. The van der Waals surface area contributed by atoms with E-state index in [1.807, 2.05) is 19.1 Å². The van der Waals surface area contributed by atoms with Gasteiger partial charge in [-0.1, -0.05) is 0 Å². The van der Waals surface area contributed by atoms with Crippen LogP contribution in [0.2, 0.25) is 0 Å². The zero-order valence-electron chi connectivity index (χ0n) is 10.3. The Labute approximate surface area is 109 Å². The van der Waals surface area contributed by atoms with Crippen molar-refractivity contribution < 1.29 is 9.53 Å². The SMILES string of the molecule is CCOC(=O)c1c(N)sc(-c2ccncc2)c1C. The van der Waals surface area contributed by atoms with Crippen LogP contribution in [0.5, 0.6) is 0 Å². The monoisotopic (exact) mass is 262 g/mol. The van der Waals surface area contributed by atoms with E-state index < -0.39 is 0 Å². The summed E-state index contributed by atoms with van der Waals surface area (Å²) in [6, 6.07) is 3.79. The van der Waals surface area contributed by atoms with Gasteiger partial charge in [-0.25, -0.2) is 4.79 Å². The van der Waals surface area contributed by atoms with Crippen molar-refractivity contribution in [1.29, 1.82) is 0 Å². The summed E-state index contributed by atoms with van der Waals surface area (Å²) in [5.74, 6) is -0.357. The van der Waals surface area contributed by atoms with Crippen molar-refractivity contribution in [2.45, 2.75) is 13.8 Å². The van der Waals surface area contributed by atoms with Gasteiger partial charge in [-0.05, 0) is 37.1 Å². The van der Waals surface area contributed by atoms with Gasteiger partial charge in [0.1, 0.15) is 5.00 Å². The maximum Gasteiger partial charge on any atom is 0.341 e. The lowest BCUT2D eigenvalue weighted by molar-refractivity contribution is 0.0527. The van der Waals surface area contributed by atoms with Crippen molar-refractivity contribution in [1.82, 2.24) is 4.98 Å². The van der Waals surface area contributed by atoms with Crippen molar-refractivity contribution in [3.63, 3.8) is 0 Å². The minimum Gasteiger partial charge on any atom is -0.462 e. The predicted molar refractivity (Wildman–Crippen MR) is 72.7 cm³/mol. The largest absolute Gasteiger partial charge is 0.462 e. The van der Waals surface area contributed by atoms with E-state index in [1.54, 1.807) is 19.3 Å². The molecule has 0 aliphatic carbocycles. The highest BCUT2D eigenvalue weighted by molar-refractivity contribution is 7.19. The summed E-state index contributed by atoms with van der Waals surface area (Å²) >= 11 is 1.40. The van der Waals surface area contributed by atoms with E-state index in [4.69, 9.17) is 10.5 Å². The van der Waals surface area contributed by atoms with Crippen LogP contribution in [0.1, 0.15) is 22.8 Å². The molecule has 0 aliphatic rings. The van der Waals surface area contributed by atoms with Crippen LogP contribution in [0.4, 0.5) is 5.00 Å². The van der Waals surface area contributed by atoms with E-state index in [1.165, 1.54) is 11.3 Å². The van der Waals surface area contributed by atoms with E-state index in [-0.39, 0.29) is 5.97 Å². The number of hydrogen-bond acceptors (Lipinski definition) is 5. The molecule has 94 valence electrons. The predicted octanol–water partition coefficient (Wildman–Crippen LogP) is 2.88. The van der Waals surface area contributed by atoms with Crippen LogP contribution in [0.3, 0.4) is 0 Å². The van der Waals surface area contributed by atoms with Gasteiger partial charge < -0.3 is 10.5 Å². The number of esters is 1. The number of aromatic nitrogens is 1. The first-order chi connectivity index (χ1) is 8.65. The number of ether oxygens (including phenoxy) is 1. The molecular formula is C13H14N2O2S. The van der Waals surface area contributed by atoms with Gasteiger partial charge in [-0.2, -0.15) is 0 Å². The van der Waals surface area contributed by atoms with Crippen molar-refractivity contribution >= 4 is 22.3 Å².